The van der Waals surface area contributed by atoms with E-state index in [0.29, 0.717) is 6.04 Å². The van der Waals surface area contributed by atoms with Gasteiger partial charge in [0, 0.05) is 11.6 Å². The van der Waals surface area contributed by atoms with Crippen LogP contribution in [0.15, 0.2) is 18.2 Å². The standard InChI is InChI=1S/C17H24N2O/c1-11-4-3-5-16(12(11)2)17(20)19-15-7-6-13-9-18-10-14(13)8-15/h3-5,13-15,18H,6-10H2,1-2H3,(H,19,20)/t13-,14+,15?/m0/s1. The molecule has 3 rings (SSSR count). The van der Waals surface area contributed by atoms with Crippen LogP contribution in [-0.2, 0) is 0 Å². The van der Waals surface area contributed by atoms with Crippen LogP contribution in [0.3, 0.4) is 0 Å². The molecular weight excluding hydrogens is 248 g/mol. The van der Waals surface area contributed by atoms with Crippen molar-refractivity contribution in [3.8, 4) is 0 Å². The maximum atomic E-state index is 12.5. The Balaban J connectivity index is 1.65. The number of aryl methyl sites for hydroxylation is 1. The smallest absolute Gasteiger partial charge is 0.251 e. The molecule has 0 aromatic heterocycles. The van der Waals surface area contributed by atoms with Crippen LogP contribution in [-0.4, -0.2) is 25.0 Å². The molecule has 108 valence electrons. The lowest BCUT2D eigenvalue weighted by atomic mass is 9.79. The van der Waals surface area contributed by atoms with Gasteiger partial charge in [-0.05, 0) is 75.2 Å². The van der Waals surface area contributed by atoms with Crippen LogP contribution >= 0.6 is 0 Å². The van der Waals surface area contributed by atoms with Crippen molar-refractivity contribution in [3.63, 3.8) is 0 Å². The van der Waals surface area contributed by atoms with E-state index < -0.39 is 0 Å². The summed E-state index contributed by atoms with van der Waals surface area (Å²) >= 11 is 0. The summed E-state index contributed by atoms with van der Waals surface area (Å²) < 4.78 is 0. The van der Waals surface area contributed by atoms with Crippen LogP contribution in [0.1, 0.15) is 40.7 Å². The number of amides is 1. The fourth-order valence-corrected chi connectivity index (χ4v) is 3.69. The third-order valence-electron chi connectivity index (χ3n) is 5.14. The molecule has 1 aromatic carbocycles. The lowest BCUT2D eigenvalue weighted by molar-refractivity contribution is 0.0913. The first-order valence-electron chi connectivity index (χ1n) is 7.73. The molecule has 0 spiro atoms. The summed E-state index contributed by atoms with van der Waals surface area (Å²) in [5.41, 5.74) is 3.11. The Bertz CT molecular complexity index is 512. The average Bonchev–Trinajstić information content (AvgIpc) is 2.89. The van der Waals surface area contributed by atoms with E-state index in [0.717, 1.165) is 42.3 Å². The van der Waals surface area contributed by atoms with Crippen molar-refractivity contribution in [2.24, 2.45) is 11.8 Å². The molecule has 1 aliphatic carbocycles. The van der Waals surface area contributed by atoms with Crippen molar-refractivity contribution < 1.29 is 4.79 Å². The monoisotopic (exact) mass is 272 g/mol. The Kier molecular flexibility index (Phi) is 3.79. The van der Waals surface area contributed by atoms with Gasteiger partial charge in [-0.2, -0.15) is 0 Å². The fraction of sp³-hybridized carbons (Fsp3) is 0.588. The summed E-state index contributed by atoms with van der Waals surface area (Å²) in [6.07, 6.45) is 3.50. The lowest BCUT2D eigenvalue weighted by Crippen LogP contribution is -2.40. The summed E-state index contributed by atoms with van der Waals surface area (Å²) in [5.74, 6) is 1.69. The van der Waals surface area contributed by atoms with Crippen LogP contribution in [0.25, 0.3) is 0 Å². The van der Waals surface area contributed by atoms with Crippen LogP contribution in [0, 0.1) is 25.7 Å². The molecule has 2 N–H and O–H groups in total. The number of carbonyl (C=O) groups is 1. The first kappa shape index (κ1) is 13.6. The highest BCUT2D eigenvalue weighted by Crippen LogP contribution is 2.32. The van der Waals surface area contributed by atoms with E-state index in [4.69, 9.17) is 0 Å². The molecule has 0 radical (unpaired) electrons. The van der Waals surface area contributed by atoms with Gasteiger partial charge in [-0.15, -0.1) is 0 Å². The third-order valence-corrected chi connectivity index (χ3v) is 5.14. The first-order valence-corrected chi connectivity index (χ1v) is 7.73. The van der Waals surface area contributed by atoms with Gasteiger partial charge in [0.1, 0.15) is 0 Å². The number of nitrogens with one attached hydrogen (secondary N) is 2. The molecule has 20 heavy (non-hydrogen) atoms. The molecular formula is C17H24N2O. The maximum Gasteiger partial charge on any atom is 0.251 e. The van der Waals surface area contributed by atoms with Gasteiger partial charge in [-0.1, -0.05) is 12.1 Å². The predicted molar refractivity (Wildman–Crippen MR) is 80.9 cm³/mol. The Morgan fingerprint density at radius 1 is 1.20 bits per heavy atom. The molecule has 2 aliphatic rings. The van der Waals surface area contributed by atoms with Crippen LogP contribution < -0.4 is 10.6 Å². The summed E-state index contributed by atoms with van der Waals surface area (Å²) in [6, 6.07) is 6.31. The van der Waals surface area contributed by atoms with Gasteiger partial charge in [-0.3, -0.25) is 4.79 Å². The van der Waals surface area contributed by atoms with Crippen molar-refractivity contribution in [1.29, 1.82) is 0 Å². The summed E-state index contributed by atoms with van der Waals surface area (Å²) in [7, 11) is 0. The molecule has 1 aliphatic heterocycles. The van der Waals surface area contributed by atoms with Crippen LogP contribution in [0.2, 0.25) is 0 Å². The van der Waals surface area contributed by atoms with Gasteiger partial charge in [0.05, 0.1) is 0 Å². The predicted octanol–water partition coefficient (Wildman–Crippen LogP) is 2.42. The molecule has 3 nitrogen and oxygen atoms in total. The number of carbonyl (C=O) groups excluding carboxylic acids is 1. The topological polar surface area (TPSA) is 41.1 Å². The minimum atomic E-state index is 0.0978. The number of hydrogen-bond acceptors (Lipinski definition) is 2. The van der Waals surface area contributed by atoms with E-state index in [1.54, 1.807) is 0 Å². The van der Waals surface area contributed by atoms with Crippen LogP contribution in [0.4, 0.5) is 0 Å². The Labute approximate surface area is 121 Å². The number of rotatable bonds is 2. The minimum absolute atomic E-state index is 0.0978. The molecule has 1 saturated carbocycles. The highest BCUT2D eigenvalue weighted by molar-refractivity contribution is 5.96. The summed E-state index contributed by atoms with van der Waals surface area (Å²) in [4.78, 5) is 12.5. The van der Waals surface area contributed by atoms with E-state index in [1.807, 2.05) is 19.1 Å². The largest absolute Gasteiger partial charge is 0.349 e. The van der Waals surface area contributed by atoms with Gasteiger partial charge in [-0.25, -0.2) is 0 Å². The maximum absolute atomic E-state index is 12.5. The number of fused-ring (bicyclic) bond motifs is 1. The zero-order valence-electron chi connectivity index (χ0n) is 12.4. The average molecular weight is 272 g/mol. The lowest BCUT2D eigenvalue weighted by Gasteiger charge is -2.31. The van der Waals surface area contributed by atoms with E-state index in [9.17, 15) is 4.79 Å². The molecule has 0 bridgehead atoms. The first-order chi connectivity index (χ1) is 9.65. The Morgan fingerprint density at radius 2 is 2.00 bits per heavy atom. The highest BCUT2D eigenvalue weighted by atomic mass is 16.1. The second-order valence-electron chi connectivity index (χ2n) is 6.41. The number of hydrogen-bond donors (Lipinski definition) is 2. The second kappa shape index (κ2) is 5.57. The van der Waals surface area contributed by atoms with E-state index >= 15 is 0 Å². The summed E-state index contributed by atoms with van der Waals surface area (Å²) in [5, 5.41) is 6.72. The Hall–Kier alpha value is -1.35. The van der Waals surface area contributed by atoms with Gasteiger partial charge in [0.2, 0.25) is 0 Å². The number of benzene rings is 1. The molecule has 1 amide bonds. The van der Waals surface area contributed by atoms with Crippen molar-refractivity contribution in [1.82, 2.24) is 10.6 Å². The van der Waals surface area contributed by atoms with E-state index in [-0.39, 0.29) is 5.91 Å². The van der Waals surface area contributed by atoms with Gasteiger partial charge in [0.15, 0.2) is 0 Å². The molecule has 1 unspecified atom stereocenters. The fourth-order valence-electron chi connectivity index (χ4n) is 3.69. The van der Waals surface area contributed by atoms with Gasteiger partial charge < -0.3 is 10.6 Å². The molecule has 1 aromatic rings. The van der Waals surface area contributed by atoms with Crippen molar-refractivity contribution in [3.05, 3.63) is 34.9 Å². The second-order valence-corrected chi connectivity index (χ2v) is 6.41. The van der Waals surface area contributed by atoms with E-state index in [1.165, 1.54) is 18.5 Å². The van der Waals surface area contributed by atoms with E-state index in [2.05, 4.69) is 23.6 Å². The quantitative estimate of drug-likeness (QED) is 0.868. The van der Waals surface area contributed by atoms with Gasteiger partial charge >= 0.3 is 0 Å². The molecule has 1 saturated heterocycles. The SMILES string of the molecule is Cc1cccc(C(=O)NC2CC[C@H]3CNC[C@H]3C2)c1C. The molecule has 2 fully saturated rings. The zero-order valence-corrected chi connectivity index (χ0v) is 12.4. The van der Waals surface area contributed by atoms with Crippen molar-refractivity contribution in [2.75, 3.05) is 13.1 Å². The van der Waals surface area contributed by atoms with Crippen LogP contribution in [0.5, 0.6) is 0 Å². The normalized spacial score (nSPS) is 29.0. The molecule has 3 heteroatoms. The molecule has 3 atom stereocenters. The third kappa shape index (κ3) is 2.59. The zero-order chi connectivity index (χ0) is 14.1. The Morgan fingerprint density at radius 3 is 2.85 bits per heavy atom. The van der Waals surface area contributed by atoms with Gasteiger partial charge in [0.25, 0.3) is 5.91 Å². The summed E-state index contributed by atoms with van der Waals surface area (Å²) in [6.45, 7) is 6.38. The van der Waals surface area contributed by atoms with Crippen molar-refractivity contribution in [2.45, 2.75) is 39.2 Å². The highest BCUT2D eigenvalue weighted by Gasteiger charge is 2.34. The minimum Gasteiger partial charge on any atom is -0.349 e. The molecule has 1 heterocycles. The van der Waals surface area contributed by atoms with Crippen molar-refractivity contribution >= 4 is 5.91 Å².